The number of fused-ring (bicyclic) bond motifs is 1. The Bertz CT molecular complexity index is 780. The standard InChI is InChI=1S/C20H30N6O2.HI/c1-3-21-20(22-15-19-25-24-18-10-4-5-11-26(18)19)23-16-8-6-9-17(14-16)28-13-7-12-27-2;/h6,8-9,14H,3-5,7,10-13,15H2,1-2H3,(H2,21,22,23);1H. The molecule has 0 saturated carbocycles. The first kappa shape index (κ1) is 23.4. The van der Waals surface area contributed by atoms with Crippen LogP contribution in [0.5, 0.6) is 5.75 Å². The average molecular weight is 514 g/mol. The maximum atomic E-state index is 5.77. The van der Waals surface area contributed by atoms with Gasteiger partial charge in [0, 0.05) is 51.4 Å². The van der Waals surface area contributed by atoms with E-state index >= 15 is 0 Å². The first-order valence-corrected chi connectivity index (χ1v) is 9.98. The lowest BCUT2D eigenvalue weighted by atomic mass is 10.2. The van der Waals surface area contributed by atoms with E-state index in [9.17, 15) is 0 Å². The number of anilines is 1. The molecule has 29 heavy (non-hydrogen) atoms. The average Bonchev–Trinajstić information content (AvgIpc) is 3.13. The molecule has 2 N–H and O–H groups in total. The molecule has 1 aliphatic rings. The maximum absolute atomic E-state index is 5.77. The summed E-state index contributed by atoms with van der Waals surface area (Å²) in [7, 11) is 1.70. The van der Waals surface area contributed by atoms with Crippen LogP contribution in [0.15, 0.2) is 29.3 Å². The van der Waals surface area contributed by atoms with Crippen LogP contribution < -0.4 is 15.4 Å². The Kier molecular flexibility index (Phi) is 10.2. The van der Waals surface area contributed by atoms with Crippen molar-refractivity contribution in [2.75, 3.05) is 32.2 Å². The predicted molar refractivity (Wildman–Crippen MR) is 125 cm³/mol. The second-order valence-corrected chi connectivity index (χ2v) is 6.68. The molecule has 9 heteroatoms. The quantitative estimate of drug-likeness (QED) is 0.231. The van der Waals surface area contributed by atoms with Crippen LogP contribution >= 0.6 is 24.0 Å². The van der Waals surface area contributed by atoms with E-state index in [2.05, 4.69) is 30.4 Å². The van der Waals surface area contributed by atoms with Gasteiger partial charge in [-0.1, -0.05) is 6.07 Å². The molecule has 1 aromatic heterocycles. The van der Waals surface area contributed by atoms with Gasteiger partial charge in [0.1, 0.15) is 18.1 Å². The van der Waals surface area contributed by atoms with Gasteiger partial charge in [-0.05, 0) is 31.9 Å². The first-order chi connectivity index (χ1) is 13.8. The molecule has 0 saturated heterocycles. The summed E-state index contributed by atoms with van der Waals surface area (Å²) in [5.41, 5.74) is 0.923. The second-order valence-electron chi connectivity index (χ2n) is 6.68. The van der Waals surface area contributed by atoms with E-state index in [0.717, 1.165) is 49.0 Å². The summed E-state index contributed by atoms with van der Waals surface area (Å²) < 4.78 is 13.0. The van der Waals surface area contributed by atoms with Crippen LogP contribution in [0.2, 0.25) is 0 Å². The van der Waals surface area contributed by atoms with E-state index in [4.69, 9.17) is 9.47 Å². The summed E-state index contributed by atoms with van der Waals surface area (Å²) in [5, 5.41) is 15.2. The molecule has 160 valence electrons. The Labute approximate surface area is 189 Å². The molecule has 3 rings (SSSR count). The van der Waals surface area contributed by atoms with E-state index in [-0.39, 0.29) is 24.0 Å². The lowest BCUT2D eigenvalue weighted by molar-refractivity contribution is 0.172. The van der Waals surface area contributed by atoms with Gasteiger partial charge < -0.3 is 24.7 Å². The summed E-state index contributed by atoms with van der Waals surface area (Å²) in [4.78, 5) is 4.69. The highest BCUT2D eigenvalue weighted by Crippen LogP contribution is 2.18. The van der Waals surface area contributed by atoms with Crippen LogP contribution in [-0.2, 0) is 24.2 Å². The van der Waals surface area contributed by atoms with Crippen molar-refractivity contribution in [1.29, 1.82) is 0 Å². The van der Waals surface area contributed by atoms with Crippen molar-refractivity contribution in [3.8, 4) is 5.75 Å². The number of benzene rings is 1. The second kappa shape index (κ2) is 12.6. The highest BCUT2D eigenvalue weighted by molar-refractivity contribution is 14.0. The van der Waals surface area contributed by atoms with Gasteiger partial charge in [-0.25, -0.2) is 4.99 Å². The summed E-state index contributed by atoms with van der Waals surface area (Å²) in [6, 6.07) is 7.88. The van der Waals surface area contributed by atoms with Gasteiger partial charge in [-0.3, -0.25) is 0 Å². The van der Waals surface area contributed by atoms with Crippen LogP contribution in [0.4, 0.5) is 5.69 Å². The molecule has 1 aromatic carbocycles. The monoisotopic (exact) mass is 514 g/mol. The molecule has 0 aliphatic carbocycles. The molecule has 0 radical (unpaired) electrons. The van der Waals surface area contributed by atoms with E-state index in [1.54, 1.807) is 7.11 Å². The van der Waals surface area contributed by atoms with Gasteiger partial charge in [-0.2, -0.15) is 0 Å². The molecule has 0 bridgehead atoms. The third kappa shape index (κ3) is 7.14. The fourth-order valence-electron chi connectivity index (χ4n) is 3.14. The molecule has 2 aromatic rings. The number of guanidine groups is 1. The zero-order chi connectivity index (χ0) is 19.6. The molecule has 0 amide bonds. The van der Waals surface area contributed by atoms with Gasteiger partial charge in [0.15, 0.2) is 11.8 Å². The Morgan fingerprint density at radius 2 is 2.14 bits per heavy atom. The minimum atomic E-state index is 0. The molecule has 8 nitrogen and oxygen atoms in total. The topological polar surface area (TPSA) is 85.6 Å². The van der Waals surface area contributed by atoms with E-state index in [0.29, 0.717) is 25.7 Å². The molecule has 2 heterocycles. The fourth-order valence-corrected chi connectivity index (χ4v) is 3.14. The number of aromatic nitrogens is 3. The van der Waals surface area contributed by atoms with Crippen molar-refractivity contribution in [3.05, 3.63) is 35.9 Å². The number of methoxy groups -OCH3 is 1. The number of ether oxygens (including phenoxy) is 2. The minimum Gasteiger partial charge on any atom is -0.493 e. The van der Waals surface area contributed by atoms with E-state index < -0.39 is 0 Å². The number of rotatable bonds is 9. The Balaban J connectivity index is 0.00000300. The predicted octanol–water partition coefficient (Wildman–Crippen LogP) is 3.23. The Morgan fingerprint density at radius 1 is 1.24 bits per heavy atom. The zero-order valence-corrected chi connectivity index (χ0v) is 19.5. The van der Waals surface area contributed by atoms with Crippen molar-refractivity contribution in [2.45, 2.75) is 45.7 Å². The minimum absolute atomic E-state index is 0. The van der Waals surface area contributed by atoms with Gasteiger partial charge in [-0.15, -0.1) is 34.2 Å². The van der Waals surface area contributed by atoms with E-state index in [1.807, 2.05) is 31.2 Å². The number of hydrogen-bond donors (Lipinski definition) is 2. The molecule has 0 spiro atoms. The lowest BCUT2D eigenvalue weighted by Gasteiger charge is -2.15. The van der Waals surface area contributed by atoms with Crippen LogP contribution in [0.3, 0.4) is 0 Å². The zero-order valence-electron chi connectivity index (χ0n) is 17.2. The van der Waals surface area contributed by atoms with Crippen LogP contribution in [0, 0.1) is 0 Å². The van der Waals surface area contributed by atoms with Crippen molar-refractivity contribution in [3.63, 3.8) is 0 Å². The summed E-state index contributed by atoms with van der Waals surface area (Å²) in [6.07, 6.45) is 4.24. The summed E-state index contributed by atoms with van der Waals surface area (Å²) in [5.74, 6) is 3.53. The number of nitrogens with one attached hydrogen (secondary N) is 2. The SMILES string of the molecule is CCNC(=NCc1nnc2n1CCCC2)Nc1cccc(OCCCOC)c1.I. The Hall–Kier alpha value is -1.88. The summed E-state index contributed by atoms with van der Waals surface area (Å²) >= 11 is 0. The molecule has 0 atom stereocenters. The number of aryl methyl sites for hydroxylation is 1. The molecule has 0 fully saturated rings. The Morgan fingerprint density at radius 3 is 2.97 bits per heavy atom. The third-order valence-electron chi connectivity index (χ3n) is 4.52. The first-order valence-electron chi connectivity index (χ1n) is 9.98. The number of hydrogen-bond acceptors (Lipinski definition) is 5. The number of halogens is 1. The van der Waals surface area contributed by atoms with Gasteiger partial charge in [0.25, 0.3) is 0 Å². The van der Waals surface area contributed by atoms with Gasteiger partial charge in [0.2, 0.25) is 0 Å². The van der Waals surface area contributed by atoms with Crippen molar-refractivity contribution >= 4 is 35.6 Å². The smallest absolute Gasteiger partial charge is 0.196 e. The number of aliphatic imine (C=N–C) groups is 1. The highest BCUT2D eigenvalue weighted by atomic mass is 127. The van der Waals surface area contributed by atoms with Crippen LogP contribution in [0.25, 0.3) is 0 Å². The van der Waals surface area contributed by atoms with Crippen molar-refractivity contribution < 1.29 is 9.47 Å². The van der Waals surface area contributed by atoms with Crippen LogP contribution in [-0.4, -0.2) is 47.6 Å². The molecule has 1 aliphatic heterocycles. The molecule has 0 unspecified atom stereocenters. The van der Waals surface area contributed by atoms with Gasteiger partial charge >= 0.3 is 0 Å². The summed E-state index contributed by atoms with van der Waals surface area (Å²) in [6.45, 7) is 5.63. The maximum Gasteiger partial charge on any atom is 0.196 e. The normalized spacial score (nSPS) is 13.4. The number of nitrogens with zero attached hydrogens (tertiary/aromatic N) is 4. The van der Waals surface area contributed by atoms with E-state index in [1.165, 1.54) is 12.8 Å². The largest absolute Gasteiger partial charge is 0.493 e. The molecular weight excluding hydrogens is 483 g/mol. The lowest BCUT2D eigenvalue weighted by Crippen LogP contribution is -2.30. The van der Waals surface area contributed by atoms with Gasteiger partial charge in [0.05, 0.1) is 6.61 Å². The van der Waals surface area contributed by atoms with Crippen molar-refractivity contribution in [2.24, 2.45) is 4.99 Å². The third-order valence-corrected chi connectivity index (χ3v) is 4.52. The fraction of sp³-hybridized carbons (Fsp3) is 0.550. The van der Waals surface area contributed by atoms with Crippen molar-refractivity contribution in [1.82, 2.24) is 20.1 Å². The highest BCUT2D eigenvalue weighted by Gasteiger charge is 2.15. The molecular formula is C20H31IN6O2. The van der Waals surface area contributed by atoms with Crippen LogP contribution in [0.1, 0.15) is 37.8 Å².